The Bertz CT molecular complexity index is 1860. The van der Waals surface area contributed by atoms with Crippen LogP contribution in [-0.2, 0) is 73.7 Å². The van der Waals surface area contributed by atoms with E-state index >= 15 is 0 Å². The van der Waals surface area contributed by atoms with Crippen LogP contribution in [0.1, 0.15) is 47.8 Å². The van der Waals surface area contributed by atoms with Gasteiger partial charge in [-0.3, -0.25) is 19.3 Å². The summed E-state index contributed by atoms with van der Waals surface area (Å²) in [5.74, 6) is 0. The van der Waals surface area contributed by atoms with E-state index in [1.165, 1.54) is 11.1 Å². The fourth-order valence-electron chi connectivity index (χ4n) is 5.51. The molecule has 53 heavy (non-hydrogen) atoms. The van der Waals surface area contributed by atoms with Crippen molar-refractivity contribution in [3.63, 3.8) is 0 Å². The summed E-state index contributed by atoms with van der Waals surface area (Å²) >= 11 is 0. The van der Waals surface area contributed by atoms with Gasteiger partial charge < -0.3 is 9.13 Å². The van der Waals surface area contributed by atoms with E-state index in [-0.39, 0.29) is 47.5 Å². The summed E-state index contributed by atoms with van der Waals surface area (Å²) in [5.41, 5.74) is 6.77. The summed E-state index contributed by atoms with van der Waals surface area (Å²) in [5, 5.41) is 8.36. The van der Waals surface area contributed by atoms with Crippen molar-refractivity contribution in [2.75, 3.05) is 0 Å². The maximum absolute atomic E-state index is 4.62. The van der Waals surface area contributed by atoms with Crippen LogP contribution in [0.5, 0.6) is 0 Å². The van der Waals surface area contributed by atoms with Crippen molar-refractivity contribution in [3.05, 3.63) is 217 Å². The smallest absolute Gasteiger partial charge is 0.466 e. The van der Waals surface area contributed by atoms with Gasteiger partial charge in [0.2, 0.25) is 0 Å². The second kappa shape index (κ2) is 21.0. The molecular formula is C43H40N8Pt2. The second-order valence-electron chi connectivity index (χ2n) is 12.4. The van der Waals surface area contributed by atoms with Crippen LogP contribution in [0, 0.1) is 24.5 Å². The Morgan fingerprint density at radius 1 is 0.472 bits per heavy atom. The van der Waals surface area contributed by atoms with E-state index in [1.807, 2.05) is 140 Å². The Balaban J connectivity index is 0.000000175. The largest absolute Gasteiger partial charge is 2.00 e. The standard InChI is InChI=1S/C15H14.2C14H13N4.2Pt/c1-15(2,13-9-5-3-6-10-13)14-11-7-4-8-12-14;2*1-2-9-17(8-1)11-13-5-3-6-14(16-13)12-18-10-4-7-15-18;;/h5-12H,1-2H3;2*1-8,10H,11-12H2;;/q-2;2*-1;2*+2. The Kier molecular flexibility index (Phi) is 16.2. The van der Waals surface area contributed by atoms with Gasteiger partial charge >= 0.3 is 42.1 Å². The van der Waals surface area contributed by atoms with Gasteiger partial charge in [-0.25, -0.2) is 0 Å². The second-order valence-corrected chi connectivity index (χ2v) is 12.4. The summed E-state index contributed by atoms with van der Waals surface area (Å²) in [6, 6.07) is 46.2. The van der Waals surface area contributed by atoms with Crippen LogP contribution in [0.4, 0.5) is 0 Å². The van der Waals surface area contributed by atoms with Gasteiger partial charge in [0.15, 0.2) is 0 Å². The normalized spacial score (nSPS) is 10.5. The van der Waals surface area contributed by atoms with Gasteiger partial charge in [-0.05, 0) is 41.8 Å². The first-order valence-corrected chi connectivity index (χ1v) is 16.8. The summed E-state index contributed by atoms with van der Waals surface area (Å²) in [4.78, 5) is 9.24. The molecule has 0 atom stereocenters. The molecule has 272 valence electrons. The van der Waals surface area contributed by atoms with Crippen LogP contribution in [0.15, 0.2) is 159 Å². The predicted octanol–water partition coefficient (Wildman–Crippen LogP) is 7.56. The van der Waals surface area contributed by atoms with Crippen molar-refractivity contribution in [1.82, 2.24) is 38.7 Å². The molecule has 0 bridgehead atoms. The average molecular weight is 1060 g/mol. The number of hydrogen-bond acceptors (Lipinski definition) is 4. The number of pyridine rings is 2. The van der Waals surface area contributed by atoms with Crippen LogP contribution in [-0.4, -0.2) is 38.7 Å². The molecule has 0 aliphatic heterocycles. The zero-order chi connectivity index (χ0) is 35.1. The molecule has 0 spiro atoms. The van der Waals surface area contributed by atoms with Crippen LogP contribution in [0.2, 0.25) is 0 Å². The summed E-state index contributed by atoms with van der Waals surface area (Å²) in [6.07, 6.45) is 17.6. The fraction of sp³-hybridized carbons (Fsp3) is 0.163. The number of nitrogens with zero attached hydrogens (tertiary/aromatic N) is 8. The minimum Gasteiger partial charge on any atom is -0.466 e. The Hall–Kier alpha value is -4.90. The van der Waals surface area contributed by atoms with Gasteiger partial charge in [0.1, 0.15) is 0 Å². The molecule has 0 fully saturated rings. The van der Waals surface area contributed by atoms with Crippen LogP contribution < -0.4 is 0 Å². The van der Waals surface area contributed by atoms with E-state index in [0.29, 0.717) is 13.1 Å². The van der Waals surface area contributed by atoms with E-state index in [1.54, 1.807) is 12.4 Å². The third-order valence-electron chi connectivity index (χ3n) is 8.24. The van der Waals surface area contributed by atoms with Crippen LogP contribution >= 0.6 is 0 Å². The molecule has 0 unspecified atom stereocenters. The van der Waals surface area contributed by atoms with E-state index in [9.17, 15) is 0 Å². The molecule has 6 aromatic heterocycles. The Morgan fingerprint density at radius 3 is 1.21 bits per heavy atom. The molecule has 8 nitrogen and oxygen atoms in total. The van der Waals surface area contributed by atoms with E-state index in [2.05, 4.69) is 82.8 Å². The molecule has 10 heteroatoms. The van der Waals surface area contributed by atoms with Crippen molar-refractivity contribution in [2.45, 2.75) is 45.4 Å². The van der Waals surface area contributed by atoms with Crippen molar-refractivity contribution in [3.8, 4) is 0 Å². The van der Waals surface area contributed by atoms with E-state index < -0.39 is 0 Å². The molecule has 0 amide bonds. The van der Waals surface area contributed by atoms with Crippen molar-refractivity contribution < 1.29 is 42.1 Å². The van der Waals surface area contributed by atoms with Gasteiger partial charge in [0.25, 0.3) is 0 Å². The molecule has 0 saturated heterocycles. The molecule has 0 radical (unpaired) electrons. The molecule has 0 aliphatic carbocycles. The first-order chi connectivity index (χ1) is 25.0. The third kappa shape index (κ3) is 12.6. The van der Waals surface area contributed by atoms with Crippen molar-refractivity contribution in [1.29, 1.82) is 0 Å². The first kappa shape index (κ1) is 40.9. The number of hydrogen-bond donors (Lipinski definition) is 0. The quantitative estimate of drug-likeness (QED) is 0.133. The summed E-state index contributed by atoms with van der Waals surface area (Å²) in [7, 11) is 0. The zero-order valence-electron chi connectivity index (χ0n) is 29.5. The van der Waals surface area contributed by atoms with Gasteiger partial charge in [0.05, 0.1) is 35.9 Å². The molecule has 8 rings (SSSR count). The maximum Gasteiger partial charge on any atom is 2.00 e. The van der Waals surface area contributed by atoms with Crippen molar-refractivity contribution in [2.24, 2.45) is 0 Å². The summed E-state index contributed by atoms with van der Waals surface area (Å²) < 4.78 is 7.71. The summed E-state index contributed by atoms with van der Waals surface area (Å²) in [6.45, 7) is 7.38. The number of benzene rings is 2. The third-order valence-corrected chi connectivity index (χ3v) is 8.24. The topological polar surface area (TPSA) is 71.3 Å². The molecule has 0 N–H and O–H groups in total. The number of aromatic nitrogens is 8. The fourth-order valence-corrected chi connectivity index (χ4v) is 5.51. The monoisotopic (exact) mass is 1060 g/mol. The number of rotatable bonds is 10. The zero-order valence-corrected chi connectivity index (χ0v) is 34.1. The minimum atomic E-state index is 0. The van der Waals surface area contributed by atoms with E-state index in [0.717, 1.165) is 35.9 Å². The molecular weight excluding hydrogens is 1020 g/mol. The molecule has 0 saturated carbocycles. The molecule has 6 heterocycles. The molecule has 0 aliphatic rings. The maximum atomic E-state index is 4.62. The van der Waals surface area contributed by atoms with Gasteiger partial charge in [-0.15, -0.1) is 35.9 Å². The van der Waals surface area contributed by atoms with Gasteiger partial charge in [-0.1, -0.05) is 26.0 Å². The Labute approximate surface area is 341 Å². The molecule has 2 aromatic carbocycles. The SMILES string of the molecule is CC(C)(c1cc[c-]cc1)c1cc[c-]cc1.[Pt+2].[Pt+2].[c-]1cccn1Cc1cccc(Cn2cccn2)n1.[c-]1cccn1Cc1cccc(Cn2cccn2)n1. The first-order valence-electron chi connectivity index (χ1n) is 16.8. The van der Waals surface area contributed by atoms with Crippen LogP contribution in [0.25, 0.3) is 0 Å². The van der Waals surface area contributed by atoms with Gasteiger partial charge in [0, 0.05) is 37.9 Å². The van der Waals surface area contributed by atoms with Crippen molar-refractivity contribution >= 4 is 0 Å². The van der Waals surface area contributed by atoms with Gasteiger partial charge in [-0.2, -0.15) is 95.1 Å². The average Bonchev–Trinajstić information content (AvgIpc) is 4.01. The van der Waals surface area contributed by atoms with E-state index in [4.69, 9.17) is 0 Å². The minimum absolute atomic E-state index is 0. The predicted molar refractivity (Wildman–Crippen MR) is 199 cm³/mol. The van der Waals surface area contributed by atoms with Crippen LogP contribution in [0.3, 0.4) is 0 Å². The Morgan fingerprint density at radius 2 is 0.868 bits per heavy atom. The molecule has 8 aromatic rings.